The minimum Gasteiger partial charge on any atom is -0.409 e. The first-order valence-corrected chi connectivity index (χ1v) is 7.08. The molecule has 2 aromatic carbocycles. The molecule has 4 N–H and O–H groups in total. The van der Waals surface area contributed by atoms with Crippen molar-refractivity contribution in [2.24, 2.45) is 10.9 Å². The maximum Gasteiger partial charge on any atom is 0.141 e. The molecule has 21 heavy (non-hydrogen) atoms. The summed E-state index contributed by atoms with van der Waals surface area (Å²) in [4.78, 5) is 0. The van der Waals surface area contributed by atoms with E-state index in [1.165, 1.54) is 0 Å². The quantitative estimate of drug-likeness (QED) is 0.333. The van der Waals surface area contributed by atoms with Crippen LogP contribution in [0.2, 0.25) is 10.0 Å². The summed E-state index contributed by atoms with van der Waals surface area (Å²) in [5.74, 6) is 0.134. The molecule has 0 aliphatic carbocycles. The number of hydrogen-bond acceptors (Lipinski definition) is 3. The molecule has 0 spiro atoms. The van der Waals surface area contributed by atoms with Gasteiger partial charge in [0.1, 0.15) is 5.84 Å². The molecule has 0 aromatic heterocycles. The minimum atomic E-state index is -0.182. The molecule has 0 radical (unpaired) electrons. The molecule has 2 aromatic rings. The second-order valence-electron chi connectivity index (χ2n) is 4.53. The van der Waals surface area contributed by atoms with Gasteiger partial charge < -0.3 is 16.3 Å². The number of anilines is 1. The highest BCUT2D eigenvalue weighted by Crippen LogP contribution is 2.30. The van der Waals surface area contributed by atoms with Gasteiger partial charge in [-0.2, -0.15) is 0 Å². The van der Waals surface area contributed by atoms with Gasteiger partial charge in [0.2, 0.25) is 0 Å². The molecular weight excluding hydrogens is 309 g/mol. The van der Waals surface area contributed by atoms with Crippen LogP contribution in [0.3, 0.4) is 0 Å². The van der Waals surface area contributed by atoms with Crippen LogP contribution in [0.5, 0.6) is 0 Å². The molecule has 4 nitrogen and oxygen atoms in total. The van der Waals surface area contributed by atoms with Crippen molar-refractivity contribution in [2.45, 2.75) is 12.5 Å². The molecule has 0 aliphatic heterocycles. The van der Waals surface area contributed by atoms with Crippen LogP contribution in [0.15, 0.2) is 53.7 Å². The van der Waals surface area contributed by atoms with Crippen molar-refractivity contribution in [3.05, 3.63) is 64.1 Å². The fourth-order valence-corrected chi connectivity index (χ4v) is 2.33. The lowest BCUT2D eigenvalue weighted by Gasteiger charge is -2.21. The van der Waals surface area contributed by atoms with Crippen molar-refractivity contribution in [3.63, 3.8) is 0 Å². The first kappa shape index (κ1) is 15.5. The van der Waals surface area contributed by atoms with Gasteiger partial charge in [0.15, 0.2) is 0 Å². The summed E-state index contributed by atoms with van der Waals surface area (Å²) in [6.45, 7) is 0. The zero-order valence-corrected chi connectivity index (χ0v) is 12.6. The van der Waals surface area contributed by atoms with E-state index in [9.17, 15) is 0 Å². The smallest absolute Gasteiger partial charge is 0.141 e. The zero-order valence-electron chi connectivity index (χ0n) is 11.1. The molecule has 1 unspecified atom stereocenters. The van der Waals surface area contributed by atoms with Gasteiger partial charge in [-0.25, -0.2) is 0 Å². The number of nitrogens with two attached hydrogens (primary N) is 1. The van der Waals surface area contributed by atoms with E-state index in [2.05, 4.69) is 10.5 Å². The Hall–Kier alpha value is -1.91. The van der Waals surface area contributed by atoms with Crippen LogP contribution in [0.1, 0.15) is 18.0 Å². The normalized spacial score (nSPS) is 13.0. The van der Waals surface area contributed by atoms with Crippen LogP contribution in [-0.2, 0) is 0 Å². The van der Waals surface area contributed by atoms with Gasteiger partial charge in [-0.15, -0.1) is 0 Å². The first-order valence-electron chi connectivity index (χ1n) is 6.33. The molecule has 0 aliphatic rings. The number of nitrogens with zero attached hydrogens (tertiary/aromatic N) is 1. The summed E-state index contributed by atoms with van der Waals surface area (Å²) in [5, 5.41) is 16.2. The molecule has 0 heterocycles. The summed E-state index contributed by atoms with van der Waals surface area (Å²) in [6.07, 6.45) is 0.337. The number of rotatable bonds is 5. The van der Waals surface area contributed by atoms with Crippen LogP contribution in [0, 0.1) is 0 Å². The molecule has 6 heteroatoms. The van der Waals surface area contributed by atoms with E-state index in [0.29, 0.717) is 22.2 Å². The minimum absolute atomic E-state index is 0.134. The molecule has 0 saturated carbocycles. The molecule has 0 saturated heterocycles. The van der Waals surface area contributed by atoms with Crippen molar-refractivity contribution in [3.8, 4) is 0 Å². The number of benzene rings is 2. The van der Waals surface area contributed by atoms with Crippen molar-refractivity contribution >= 4 is 34.7 Å². The van der Waals surface area contributed by atoms with E-state index >= 15 is 0 Å². The average molecular weight is 324 g/mol. The Morgan fingerprint density at radius 3 is 2.57 bits per heavy atom. The van der Waals surface area contributed by atoms with E-state index in [1.54, 1.807) is 18.2 Å². The lowest BCUT2D eigenvalue weighted by Crippen LogP contribution is -2.21. The molecule has 110 valence electrons. The molecule has 0 fully saturated rings. The maximum absolute atomic E-state index is 8.78. The number of nitrogens with one attached hydrogen (secondary N) is 1. The van der Waals surface area contributed by atoms with Gasteiger partial charge in [-0.3, -0.25) is 0 Å². The van der Waals surface area contributed by atoms with Crippen molar-refractivity contribution in [1.82, 2.24) is 0 Å². The van der Waals surface area contributed by atoms with Crippen LogP contribution in [-0.4, -0.2) is 11.0 Å². The second kappa shape index (κ2) is 7.20. The maximum atomic E-state index is 8.78. The Morgan fingerprint density at radius 2 is 1.90 bits per heavy atom. The third-order valence-electron chi connectivity index (χ3n) is 3.00. The predicted octanol–water partition coefficient (Wildman–Crippen LogP) is 4.28. The van der Waals surface area contributed by atoms with Crippen molar-refractivity contribution < 1.29 is 5.21 Å². The van der Waals surface area contributed by atoms with Gasteiger partial charge in [-0.05, 0) is 23.8 Å². The van der Waals surface area contributed by atoms with E-state index in [4.69, 9.17) is 34.1 Å². The van der Waals surface area contributed by atoms with Gasteiger partial charge in [0.25, 0.3) is 0 Å². The van der Waals surface area contributed by atoms with E-state index in [0.717, 1.165) is 5.56 Å². The van der Waals surface area contributed by atoms with Gasteiger partial charge in [0, 0.05) is 11.4 Å². The van der Waals surface area contributed by atoms with Crippen molar-refractivity contribution in [2.75, 3.05) is 5.32 Å². The van der Waals surface area contributed by atoms with Crippen LogP contribution in [0.25, 0.3) is 0 Å². The topological polar surface area (TPSA) is 70.6 Å². The highest BCUT2D eigenvalue weighted by molar-refractivity contribution is 6.35. The lowest BCUT2D eigenvalue weighted by molar-refractivity contribution is 0.316. The van der Waals surface area contributed by atoms with E-state index in [-0.39, 0.29) is 11.9 Å². The lowest BCUT2D eigenvalue weighted by atomic mass is 10.0. The fraction of sp³-hybridized carbons (Fsp3) is 0.133. The Labute approximate surface area is 133 Å². The molecule has 0 bridgehead atoms. The monoisotopic (exact) mass is 323 g/mol. The first-order chi connectivity index (χ1) is 10.1. The van der Waals surface area contributed by atoms with Crippen LogP contribution in [0.4, 0.5) is 5.69 Å². The predicted molar refractivity (Wildman–Crippen MR) is 87.3 cm³/mol. The Kier molecular flexibility index (Phi) is 5.31. The SMILES string of the molecule is NC(CC(Nc1cc(Cl)ccc1Cl)c1ccccc1)=NO. The molecule has 1 atom stereocenters. The second-order valence-corrected chi connectivity index (χ2v) is 5.37. The number of hydrogen-bond donors (Lipinski definition) is 3. The Balaban J connectivity index is 2.29. The summed E-state index contributed by atoms with van der Waals surface area (Å²) in [7, 11) is 0. The number of halogens is 2. The van der Waals surface area contributed by atoms with E-state index < -0.39 is 0 Å². The summed E-state index contributed by atoms with van der Waals surface area (Å²) in [5.41, 5.74) is 7.33. The Morgan fingerprint density at radius 1 is 1.19 bits per heavy atom. The van der Waals surface area contributed by atoms with Crippen LogP contribution < -0.4 is 11.1 Å². The largest absolute Gasteiger partial charge is 0.409 e. The Bertz CT molecular complexity index is 632. The van der Waals surface area contributed by atoms with Gasteiger partial charge in [0.05, 0.1) is 16.8 Å². The number of oxime groups is 1. The third-order valence-corrected chi connectivity index (χ3v) is 3.57. The standard InChI is InChI=1S/C15H15Cl2N3O/c16-11-6-7-12(17)14(8-11)19-13(9-15(18)20-21)10-4-2-1-3-5-10/h1-8,13,19,21H,9H2,(H2,18,20). The fourth-order valence-electron chi connectivity index (χ4n) is 1.98. The molecule has 2 rings (SSSR count). The highest BCUT2D eigenvalue weighted by Gasteiger charge is 2.15. The molecule has 0 amide bonds. The van der Waals surface area contributed by atoms with Crippen molar-refractivity contribution in [1.29, 1.82) is 0 Å². The average Bonchev–Trinajstić information content (AvgIpc) is 2.51. The summed E-state index contributed by atoms with van der Waals surface area (Å²) < 4.78 is 0. The van der Waals surface area contributed by atoms with Gasteiger partial charge >= 0.3 is 0 Å². The summed E-state index contributed by atoms with van der Waals surface area (Å²) in [6, 6.07) is 14.7. The molecular formula is C15H15Cl2N3O. The highest BCUT2D eigenvalue weighted by atomic mass is 35.5. The number of amidine groups is 1. The van der Waals surface area contributed by atoms with E-state index in [1.807, 2.05) is 30.3 Å². The van der Waals surface area contributed by atoms with Gasteiger partial charge in [-0.1, -0.05) is 58.7 Å². The summed E-state index contributed by atoms with van der Waals surface area (Å²) >= 11 is 12.2. The zero-order chi connectivity index (χ0) is 15.2. The third kappa shape index (κ3) is 4.28. The van der Waals surface area contributed by atoms with Crippen LogP contribution >= 0.6 is 23.2 Å².